The van der Waals surface area contributed by atoms with Gasteiger partial charge in [0.2, 0.25) is 0 Å². The van der Waals surface area contributed by atoms with Crippen LogP contribution in [0.1, 0.15) is 20.8 Å². The maximum Gasteiger partial charge on any atom is 0.407 e. The molecule has 0 radical (unpaired) electrons. The number of nitrogens with one attached hydrogen (secondary N) is 1. The first kappa shape index (κ1) is 16.8. The maximum absolute atomic E-state index is 13.8. The normalized spacial score (nSPS) is 11.3. The molecule has 124 valence electrons. The van der Waals surface area contributed by atoms with Crippen LogP contribution in [0, 0.1) is 5.82 Å². The average Bonchev–Trinajstić information content (AvgIpc) is 2.85. The van der Waals surface area contributed by atoms with Crippen molar-refractivity contribution in [2.24, 2.45) is 0 Å². The van der Waals surface area contributed by atoms with Crippen LogP contribution in [0.2, 0.25) is 0 Å². The highest BCUT2D eigenvalue weighted by atomic mass is 19.1. The standard InChI is InChI=1S/C16H20FN3O3/c1-16(2,3)23-15(22)18-6-7-20-10-11(9-19-20)13-5-4-12(21)8-14(13)17/h4-5,8-10,21H,6-7H2,1-3H3,(H,18,22). The third kappa shape index (κ3) is 4.98. The summed E-state index contributed by atoms with van der Waals surface area (Å²) in [6.45, 7) is 6.14. The molecule has 2 aromatic rings. The molecular formula is C16H20FN3O3. The van der Waals surface area contributed by atoms with E-state index in [0.717, 1.165) is 6.07 Å². The largest absolute Gasteiger partial charge is 0.508 e. The summed E-state index contributed by atoms with van der Waals surface area (Å²) in [4.78, 5) is 11.5. The molecule has 0 saturated carbocycles. The van der Waals surface area contributed by atoms with E-state index >= 15 is 0 Å². The second-order valence-corrected chi connectivity index (χ2v) is 6.08. The first-order valence-electron chi connectivity index (χ1n) is 7.23. The van der Waals surface area contributed by atoms with Gasteiger partial charge in [0.1, 0.15) is 17.2 Å². The number of hydrogen-bond acceptors (Lipinski definition) is 4. The number of hydrogen-bond donors (Lipinski definition) is 2. The fourth-order valence-electron chi connectivity index (χ4n) is 1.95. The quantitative estimate of drug-likeness (QED) is 0.908. The van der Waals surface area contributed by atoms with Crippen molar-refractivity contribution in [3.63, 3.8) is 0 Å². The monoisotopic (exact) mass is 321 g/mol. The summed E-state index contributed by atoms with van der Waals surface area (Å²) in [5, 5.41) is 16.0. The minimum absolute atomic E-state index is 0.125. The second-order valence-electron chi connectivity index (χ2n) is 6.08. The van der Waals surface area contributed by atoms with Crippen LogP contribution in [0.15, 0.2) is 30.6 Å². The summed E-state index contributed by atoms with van der Waals surface area (Å²) >= 11 is 0. The molecule has 1 amide bonds. The molecule has 1 heterocycles. The molecule has 1 aromatic heterocycles. The van der Waals surface area contributed by atoms with E-state index < -0.39 is 17.5 Å². The van der Waals surface area contributed by atoms with Crippen LogP contribution < -0.4 is 5.32 Å². The molecule has 0 aliphatic rings. The molecule has 0 saturated heterocycles. The highest BCUT2D eigenvalue weighted by Crippen LogP contribution is 2.25. The number of amides is 1. The zero-order chi connectivity index (χ0) is 17.0. The van der Waals surface area contributed by atoms with Gasteiger partial charge in [0.05, 0.1) is 12.7 Å². The van der Waals surface area contributed by atoms with Gasteiger partial charge < -0.3 is 15.2 Å². The van der Waals surface area contributed by atoms with Crippen molar-refractivity contribution in [2.45, 2.75) is 32.9 Å². The number of ether oxygens (including phenoxy) is 1. The Morgan fingerprint density at radius 3 is 2.83 bits per heavy atom. The maximum atomic E-state index is 13.8. The summed E-state index contributed by atoms with van der Waals surface area (Å²) < 4.78 is 20.5. The Hall–Kier alpha value is -2.57. The molecule has 0 aliphatic carbocycles. The van der Waals surface area contributed by atoms with Gasteiger partial charge in [-0.2, -0.15) is 5.10 Å². The Balaban J connectivity index is 1.91. The van der Waals surface area contributed by atoms with Gasteiger partial charge in [-0.15, -0.1) is 0 Å². The van der Waals surface area contributed by atoms with E-state index in [4.69, 9.17) is 4.74 Å². The summed E-state index contributed by atoms with van der Waals surface area (Å²) in [6.07, 6.45) is 2.71. The molecule has 0 fully saturated rings. The van der Waals surface area contributed by atoms with Crippen molar-refractivity contribution in [1.29, 1.82) is 0 Å². The number of benzene rings is 1. The van der Waals surface area contributed by atoms with Crippen molar-refractivity contribution in [1.82, 2.24) is 15.1 Å². The number of phenolic OH excluding ortho intramolecular Hbond substituents is 1. The first-order valence-corrected chi connectivity index (χ1v) is 7.23. The van der Waals surface area contributed by atoms with Crippen LogP contribution in [-0.2, 0) is 11.3 Å². The van der Waals surface area contributed by atoms with E-state index in [1.807, 2.05) is 0 Å². The van der Waals surface area contributed by atoms with E-state index in [2.05, 4.69) is 10.4 Å². The number of aromatic hydroxyl groups is 1. The number of rotatable bonds is 4. The number of carbonyl (C=O) groups is 1. The predicted octanol–water partition coefficient (Wildman–Crippen LogP) is 2.92. The number of halogens is 1. The molecule has 23 heavy (non-hydrogen) atoms. The smallest absolute Gasteiger partial charge is 0.407 e. The molecule has 0 aliphatic heterocycles. The lowest BCUT2D eigenvalue weighted by Crippen LogP contribution is -2.34. The lowest BCUT2D eigenvalue weighted by molar-refractivity contribution is 0.0525. The van der Waals surface area contributed by atoms with Gasteiger partial charge in [0.25, 0.3) is 0 Å². The molecule has 0 bridgehead atoms. The topological polar surface area (TPSA) is 76.4 Å². The number of aromatic nitrogens is 2. The number of nitrogens with zero attached hydrogens (tertiary/aromatic N) is 2. The third-order valence-corrected chi connectivity index (χ3v) is 2.91. The van der Waals surface area contributed by atoms with Crippen LogP contribution in [0.5, 0.6) is 5.75 Å². The van der Waals surface area contributed by atoms with Gasteiger partial charge in [-0.3, -0.25) is 4.68 Å². The molecule has 2 rings (SSSR count). The minimum Gasteiger partial charge on any atom is -0.508 e. The Labute approximate surface area is 133 Å². The Bertz CT molecular complexity index is 692. The van der Waals surface area contributed by atoms with Crippen LogP contribution in [-0.4, -0.2) is 33.1 Å². The van der Waals surface area contributed by atoms with Gasteiger partial charge >= 0.3 is 6.09 Å². The van der Waals surface area contributed by atoms with Crippen LogP contribution >= 0.6 is 0 Å². The number of carbonyl (C=O) groups excluding carboxylic acids is 1. The number of phenols is 1. The van der Waals surface area contributed by atoms with Gasteiger partial charge in [-0.1, -0.05) is 0 Å². The molecule has 7 heteroatoms. The lowest BCUT2D eigenvalue weighted by atomic mass is 10.1. The highest BCUT2D eigenvalue weighted by molar-refractivity contribution is 5.67. The minimum atomic E-state index is -0.542. The van der Waals surface area contributed by atoms with Crippen molar-refractivity contribution in [3.05, 3.63) is 36.4 Å². The van der Waals surface area contributed by atoms with E-state index in [1.54, 1.807) is 31.6 Å². The molecular weight excluding hydrogens is 301 g/mol. The van der Waals surface area contributed by atoms with Crippen molar-refractivity contribution in [3.8, 4) is 16.9 Å². The van der Waals surface area contributed by atoms with E-state index in [0.29, 0.717) is 24.2 Å². The number of alkyl carbamates (subject to hydrolysis) is 1. The van der Waals surface area contributed by atoms with Gasteiger partial charge in [0, 0.05) is 29.9 Å². The Morgan fingerprint density at radius 1 is 1.43 bits per heavy atom. The van der Waals surface area contributed by atoms with Crippen molar-refractivity contribution in [2.75, 3.05) is 6.54 Å². The van der Waals surface area contributed by atoms with Crippen molar-refractivity contribution >= 4 is 6.09 Å². The average molecular weight is 321 g/mol. The van der Waals surface area contributed by atoms with E-state index in [9.17, 15) is 14.3 Å². The third-order valence-electron chi connectivity index (χ3n) is 2.91. The van der Waals surface area contributed by atoms with Gasteiger partial charge in [-0.25, -0.2) is 9.18 Å². The van der Waals surface area contributed by atoms with E-state index in [1.165, 1.54) is 18.3 Å². The summed E-state index contributed by atoms with van der Waals surface area (Å²) in [7, 11) is 0. The van der Waals surface area contributed by atoms with Crippen LogP contribution in [0.4, 0.5) is 9.18 Å². The fourth-order valence-corrected chi connectivity index (χ4v) is 1.95. The van der Waals surface area contributed by atoms with Gasteiger partial charge in [-0.05, 0) is 32.9 Å². The Kier molecular flexibility index (Phi) is 4.88. The van der Waals surface area contributed by atoms with Gasteiger partial charge in [0.15, 0.2) is 0 Å². The fraction of sp³-hybridized carbons (Fsp3) is 0.375. The lowest BCUT2D eigenvalue weighted by Gasteiger charge is -2.19. The molecule has 2 N–H and O–H groups in total. The van der Waals surface area contributed by atoms with Crippen molar-refractivity contribution < 1.29 is 19.0 Å². The Morgan fingerprint density at radius 2 is 2.17 bits per heavy atom. The van der Waals surface area contributed by atoms with E-state index in [-0.39, 0.29) is 5.75 Å². The molecule has 1 aromatic carbocycles. The van der Waals surface area contributed by atoms with Crippen LogP contribution in [0.3, 0.4) is 0 Å². The molecule has 6 nitrogen and oxygen atoms in total. The molecule has 0 atom stereocenters. The molecule has 0 spiro atoms. The summed E-state index contributed by atoms with van der Waals surface area (Å²) in [5.74, 6) is -0.642. The molecule has 0 unspecified atom stereocenters. The first-order chi connectivity index (χ1) is 10.7. The zero-order valence-electron chi connectivity index (χ0n) is 13.3. The second kappa shape index (κ2) is 6.68. The van der Waals surface area contributed by atoms with Crippen LogP contribution in [0.25, 0.3) is 11.1 Å². The summed E-state index contributed by atoms with van der Waals surface area (Å²) in [5.41, 5.74) is 0.410. The SMILES string of the molecule is CC(C)(C)OC(=O)NCCn1cc(-c2ccc(O)cc2F)cn1. The zero-order valence-corrected chi connectivity index (χ0v) is 13.3. The predicted molar refractivity (Wildman–Crippen MR) is 83.5 cm³/mol. The summed E-state index contributed by atoms with van der Waals surface area (Å²) in [6, 6.07) is 3.96. The highest BCUT2D eigenvalue weighted by Gasteiger charge is 2.15.